The number of hydrogen-bond donors (Lipinski definition) is 1. The zero-order chi connectivity index (χ0) is 22.5. The number of ether oxygens (including phenoxy) is 1. The van der Waals surface area contributed by atoms with Gasteiger partial charge in [0, 0.05) is 22.8 Å². The Morgan fingerprint density at radius 3 is 2.43 bits per heavy atom. The highest BCUT2D eigenvalue weighted by Gasteiger charge is 2.77. The fraction of sp³-hybridized carbons (Fsp3) is 0.409. The third kappa shape index (κ3) is 2.87. The maximum atomic E-state index is 14.5. The van der Waals surface area contributed by atoms with Crippen LogP contribution in [0.4, 0.5) is 22.0 Å². The molecule has 8 heteroatoms. The van der Waals surface area contributed by atoms with Gasteiger partial charge in [-0.05, 0) is 43.0 Å². The molecule has 0 spiro atoms. The second-order valence-electron chi connectivity index (χ2n) is 7.24. The van der Waals surface area contributed by atoms with Gasteiger partial charge in [-0.25, -0.2) is 4.39 Å². The molecule has 0 aromatic heterocycles. The molecular formula is C22H20F5NO2. The molecule has 2 atom stereocenters. The van der Waals surface area contributed by atoms with Gasteiger partial charge in [0.15, 0.2) is 5.60 Å². The van der Waals surface area contributed by atoms with Gasteiger partial charge in [0.05, 0.1) is 11.6 Å². The molecule has 2 aromatic rings. The van der Waals surface area contributed by atoms with Crippen molar-refractivity contribution in [2.75, 3.05) is 0 Å². The van der Waals surface area contributed by atoms with Crippen LogP contribution in [-0.2, 0) is 11.5 Å². The average molecular weight is 425 g/mol. The van der Waals surface area contributed by atoms with E-state index in [9.17, 15) is 27.1 Å². The molecule has 2 unspecified atom stereocenters. The van der Waals surface area contributed by atoms with E-state index in [1.165, 1.54) is 6.07 Å². The lowest BCUT2D eigenvalue weighted by molar-refractivity contribution is -0.289. The summed E-state index contributed by atoms with van der Waals surface area (Å²) in [6.45, 7) is 5.66. The van der Waals surface area contributed by atoms with Crippen molar-refractivity contribution < 1.29 is 31.8 Å². The Bertz CT molecular complexity index is 1030. The third-order valence-corrected chi connectivity index (χ3v) is 5.53. The van der Waals surface area contributed by atoms with Crippen molar-refractivity contribution in [1.82, 2.24) is 0 Å². The normalized spacial score (nSPS) is 24.9. The quantitative estimate of drug-likeness (QED) is 0.571. The van der Waals surface area contributed by atoms with E-state index in [0.717, 1.165) is 24.3 Å². The maximum absolute atomic E-state index is 14.5. The Hall–Kier alpha value is -2.66. The number of alkyl halides is 4. The molecule has 0 amide bonds. The highest BCUT2D eigenvalue weighted by atomic mass is 19.3. The van der Waals surface area contributed by atoms with Crippen LogP contribution in [0.25, 0.3) is 0 Å². The smallest absolute Gasteiger partial charge is 0.346 e. The van der Waals surface area contributed by atoms with Crippen LogP contribution >= 0.6 is 0 Å². The van der Waals surface area contributed by atoms with Crippen molar-refractivity contribution in [2.45, 2.75) is 57.0 Å². The summed E-state index contributed by atoms with van der Waals surface area (Å²) in [5, 5.41) is 19.5. The summed E-state index contributed by atoms with van der Waals surface area (Å²) in [6.07, 6.45) is -0.472. The van der Waals surface area contributed by atoms with Crippen molar-refractivity contribution in [3.63, 3.8) is 0 Å². The second-order valence-corrected chi connectivity index (χ2v) is 7.24. The first kappa shape index (κ1) is 22.0. The molecule has 3 nitrogen and oxygen atoms in total. The molecule has 2 aliphatic rings. The van der Waals surface area contributed by atoms with Gasteiger partial charge < -0.3 is 9.84 Å². The van der Waals surface area contributed by atoms with Gasteiger partial charge in [0.1, 0.15) is 17.3 Å². The van der Waals surface area contributed by atoms with E-state index in [0.29, 0.717) is 0 Å². The molecule has 4 rings (SSSR count). The summed E-state index contributed by atoms with van der Waals surface area (Å²) in [5.74, 6) is -10.5. The summed E-state index contributed by atoms with van der Waals surface area (Å²) in [7, 11) is 0. The van der Waals surface area contributed by atoms with E-state index in [4.69, 9.17) is 10.00 Å². The lowest BCUT2D eigenvalue weighted by atomic mass is 9.74. The molecule has 0 saturated carbocycles. The van der Waals surface area contributed by atoms with Crippen LogP contribution in [0.1, 0.15) is 61.8 Å². The SMILES string of the molecule is CC.CC1CCC2(O)c3c(ccc(Oc4cc(F)cc(C#N)c4)c31)C(F)(F)C2(F)F. The molecule has 2 aromatic carbocycles. The van der Waals surface area contributed by atoms with Gasteiger partial charge in [-0.15, -0.1) is 0 Å². The molecule has 0 fully saturated rings. The summed E-state index contributed by atoms with van der Waals surface area (Å²) in [5.41, 5.74) is -4.42. The lowest BCUT2D eigenvalue weighted by Crippen LogP contribution is -2.50. The molecule has 1 N–H and O–H groups in total. The minimum atomic E-state index is -4.66. The molecule has 160 valence electrons. The number of nitrogens with zero attached hydrogens (tertiary/aromatic N) is 1. The van der Waals surface area contributed by atoms with Crippen LogP contribution in [0.2, 0.25) is 0 Å². The fourth-order valence-electron chi connectivity index (χ4n) is 4.14. The zero-order valence-corrected chi connectivity index (χ0v) is 16.6. The van der Waals surface area contributed by atoms with Gasteiger partial charge in [-0.1, -0.05) is 20.8 Å². The number of rotatable bonds is 2. The van der Waals surface area contributed by atoms with Crippen LogP contribution < -0.4 is 4.74 Å². The lowest BCUT2D eigenvalue weighted by Gasteiger charge is -2.38. The number of benzene rings is 2. The summed E-state index contributed by atoms with van der Waals surface area (Å²) in [4.78, 5) is 0. The van der Waals surface area contributed by atoms with E-state index in [1.807, 2.05) is 13.8 Å². The van der Waals surface area contributed by atoms with Gasteiger partial charge >= 0.3 is 11.8 Å². The first-order chi connectivity index (χ1) is 14.0. The summed E-state index contributed by atoms with van der Waals surface area (Å²) < 4.78 is 77.0. The van der Waals surface area contributed by atoms with Crippen LogP contribution in [0, 0.1) is 17.1 Å². The number of nitriles is 1. The van der Waals surface area contributed by atoms with Gasteiger partial charge in [0.2, 0.25) is 0 Å². The van der Waals surface area contributed by atoms with Crippen LogP contribution in [0.5, 0.6) is 11.5 Å². The van der Waals surface area contributed by atoms with Crippen molar-refractivity contribution in [3.8, 4) is 17.6 Å². The predicted octanol–water partition coefficient (Wildman–Crippen LogP) is 6.34. The van der Waals surface area contributed by atoms with Crippen molar-refractivity contribution in [1.29, 1.82) is 5.26 Å². The summed E-state index contributed by atoms with van der Waals surface area (Å²) >= 11 is 0. The zero-order valence-electron chi connectivity index (χ0n) is 16.6. The molecule has 2 aliphatic carbocycles. The Balaban J connectivity index is 0.00000124. The highest BCUT2D eigenvalue weighted by molar-refractivity contribution is 5.59. The molecule has 0 radical (unpaired) electrons. The fourth-order valence-corrected chi connectivity index (χ4v) is 4.14. The van der Waals surface area contributed by atoms with Gasteiger partial charge in [0.25, 0.3) is 0 Å². The Kier molecular flexibility index (Phi) is 5.32. The van der Waals surface area contributed by atoms with Crippen molar-refractivity contribution in [2.24, 2.45) is 0 Å². The molecule has 0 heterocycles. The number of aliphatic hydroxyl groups is 1. The minimum Gasteiger partial charge on any atom is -0.457 e. The van der Waals surface area contributed by atoms with E-state index >= 15 is 0 Å². The number of hydrogen-bond acceptors (Lipinski definition) is 3. The van der Waals surface area contributed by atoms with Crippen molar-refractivity contribution in [3.05, 3.63) is 58.4 Å². The second kappa shape index (κ2) is 7.24. The molecule has 0 aliphatic heterocycles. The Morgan fingerprint density at radius 2 is 1.80 bits per heavy atom. The number of halogens is 5. The first-order valence-electron chi connectivity index (χ1n) is 9.57. The van der Waals surface area contributed by atoms with E-state index in [-0.39, 0.29) is 29.0 Å². The van der Waals surface area contributed by atoms with E-state index < -0.39 is 46.7 Å². The topological polar surface area (TPSA) is 53.2 Å². The Morgan fingerprint density at radius 1 is 1.13 bits per heavy atom. The third-order valence-electron chi connectivity index (χ3n) is 5.53. The largest absolute Gasteiger partial charge is 0.457 e. The minimum absolute atomic E-state index is 0.0209. The molecule has 0 saturated heterocycles. The van der Waals surface area contributed by atoms with E-state index in [1.54, 1.807) is 13.0 Å². The van der Waals surface area contributed by atoms with Crippen LogP contribution in [-0.4, -0.2) is 11.0 Å². The van der Waals surface area contributed by atoms with E-state index in [2.05, 4.69) is 0 Å². The first-order valence-corrected chi connectivity index (χ1v) is 9.57. The van der Waals surface area contributed by atoms with Gasteiger partial charge in [-0.3, -0.25) is 0 Å². The molecular weight excluding hydrogens is 405 g/mol. The standard InChI is InChI=1S/C20H14F5NO2.C2H6/c1-10-4-5-18(27)17-14(19(22,23)20(18,24)25)2-3-15(16(10)17)28-13-7-11(9-26)6-12(21)8-13;1-2/h2-3,6-8,10,27H,4-5H2,1H3;1-2H3. The molecule has 30 heavy (non-hydrogen) atoms. The van der Waals surface area contributed by atoms with Crippen LogP contribution in [0.3, 0.4) is 0 Å². The van der Waals surface area contributed by atoms with Gasteiger partial charge in [-0.2, -0.15) is 22.8 Å². The van der Waals surface area contributed by atoms with Crippen molar-refractivity contribution >= 4 is 0 Å². The summed E-state index contributed by atoms with van der Waals surface area (Å²) in [6, 6.07) is 6.90. The Labute approximate surface area is 170 Å². The van der Waals surface area contributed by atoms with Crippen LogP contribution in [0.15, 0.2) is 30.3 Å². The maximum Gasteiger partial charge on any atom is 0.346 e. The average Bonchev–Trinajstić information content (AvgIpc) is 2.82. The predicted molar refractivity (Wildman–Crippen MR) is 99.4 cm³/mol. The monoisotopic (exact) mass is 425 g/mol. The molecule has 0 bridgehead atoms. The highest BCUT2D eigenvalue weighted by Crippen LogP contribution is 2.66.